The van der Waals surface area contributed by atoms with E-state index in [9.17, 15) is 39.6 Å². The van der Waals surface area contributed by atoms with Gasteiger partial charge in [0.15, 0.2) is 0 Å². The van der Waals surface area contributed by atoms with Crippen LogP contribution in [-0.2, 0) is 39.9 Å². The molecule has 0 atom stereocenters. The molecule has 16 rings (SSSR count). The van der Waals surface area contributed by atoms with Crippen LogP contribution >= 0.6 is 35.0 Å². The summed E-state index contributed by atoms with van der Waals surface area (Å²) in [4.78, 5) is 53.2. The van der Waals surface area contributed by atoms with Gasteiger partial charge in [-0.25, -0.2) is 0 Å². The molecule has 0 aliphatic rings. The Morgan fingerprint density at radius 2 is 0.485 bits per heavy atom. The fourth-order valence-corrected chi connectivity index (χ4v) is 16.4. The zero-order valence-corrected chi connectivity index (χ0v) is 84.8. The second-order valence-corrected chi connectivity index (χ2v) is 35.9. The SMILES string of the molecule is CC(C)c1cc(C(C)C)c(SCc2ccccn2)c(C(C)C)c1.CCCCC.Cc1ccc(-c2cccc(-c3ccc(C)cc3)c2C(=O)[O-])cc1.Cc1ccc(-c2cccc(-c3ccc(C)cc3)c2C(=O)[O-])cc1.Cc1ccc(-c2cccc(-c3ccc(C)cc3)c2C(=O)[O-])cc1.Cc1ccc(-c2cccc(-c3ccc(C)cc3)c2C(=O)[O-])cc1.Clc1ccccc1.Clc1ccccc1.[Fe+2].[Fe+2]. The minimum Gasteiger partial charge on any atom is -0.545 e. The molecule has 0 spiro atoms. The predicted molar refractivity (Wildman–Crippen MR) is 555 cm³/mol. The summed E-state index contributed by atoms with van der Waals surface area (Å²) < 4.78 is 0. The van der Waals surface area contributed by atoms with Crippen molar-refractivity contribution in [2.45, 2.75) is 158 Å². The minimum absolute atomic E-state index is 0. The number of thioether (sulfide) groups is 1. The van der Waals surface area contributed by atoms with E-state index in [1.54, 1.807) is 0 Å². The normalized spacial score (nSPS) is 10.3. The number of aryl methyl sites for hydroxylation is 8. The summed E-state index contributed by atoms with van der Waals surface area (Å²) >= 11 is 13.0. The number of benzene rings is 15. The number of aromatic nitrogens is 1. The van der Waals surface area contributed by atoms with Gasteiger partial charge in [0.05, 0.1) is 29.6 Å². The van der Waals surface area contributed by atoms with Gasteiger partial charge in [0, 0.05) is 49.1 Å². The first kappa shape index (κ1) is 110. The number of carbonyl (C=O) groups is 4. The predicted octanol–water partition coefficient (Wildman–Crippen LogP) is 29.6. The third-order valence-corrected chi connectivity index (χ3v) is 24.0. The van der Waals surface area contributed by atoms with Crippen LogP contribution in [0.25, 0.3) is 89.0 Å². The smallest absolute Gasteiger partial charge is 0.545 e. The zero-order chi connectivity index (χ0) is 96.9. The molecule has 696 valence electrons. The molecule has 0 aliphatic heterocycles. The molecule has 16 aromatic rings. The van der Waals surface area contributed by atoms with Crippen molar-refractivity contribution in [2.24, 2.45) is 0 Å². The fourth-order valence-electron chi connectivity index (χ4n) is 14.7. The molecule has 9 nitrogen and oxygen atoms in total. The van der Waals surface area contributed by atoms with Crippen LogP contribution in [0.1, 0.15) is 201 Å². The number of nitrogens with zero attached hydrogens (tertiary/aromatic N) is 1. The van der Waals surface area contributed by atoms with Crippen molar-refractivity contribution in [1.29, 1.82) is 0 Å². The van der Waals surface area contributed by atoms with Crippen molar-refractivity contribution in [2.75, 3.05) is 0 Å². The van der Waals surface area contributed by atoms with E-state index in [1.165, 1.54) is 40.8 Å². The van der Waals surface area contributed by atoms with Gasteiger partial charge in [-0.15, -0.1) is 11.8 Å². The van der Waals surface area contributed by atoms with Crippen LogP contribution in [0.5, 0.6) is 0 Å². The second kappa shape index (κ2) is 56.0. The maximum absolute atomic E-state index is 11.8. The van der Waals surface area contributed by atoms with E-state index in [0.717, 1.165) is 111 Å². The van der Waals surface area contributed by atoms with Crippen molar-refractivity contribution in [3.63, 3.8) is 0 Å². The Hall–Kier alpha value is -12.7. The fraction of sp³-hybridized carbons (Fsp3) is 0.189. The summed E-state index contributed by atoms with van der Waals surface area (Å²) in [5.41, 5.74) is 28.1. The topological polar surface area (TPSA) is 173 Å². The number of pyridine rings is 1. The van der Waals surface area contributed by atoms with Crippen LogP contribution in [0, 0.1) is 55.4 Å². The van der Waals surface area contributed by atoms with Crippen LogP contribution in [0.2, 0.25) is 10.0 Å². The van der Waals surface area contributed by atoms with Crippen molar-refractivity contribution < 1.29 is 73.7 Å². The maximum Gasteiger partial charge on any atom is 2.00 e. The van der Waals surface area contributed by atoms with Crippen LogP contribution in [-0.4, -0.2) is 28.9 Å². The van der Waals surface area contributed by atoms with Gasteiger partial charge in [-0.2, -0.15) is 0 Å². The number of unbranched alkanes of at least 4 members (excludes halogenated alkanes) is 2. The van der Waals surface area contributed by atoms with Gasteiger partial charge in [-0.1, -0.05) is 464 Å². The first-order valence-corrected chi connectivity index (χ1v) is 47.1. The first-order valence-electron chi connectivity index (χ1n) is 45.4. The average Bonchev–Trinajstić information content (AvgIpc) is 0.793. The molecule has 0 saturated carbocycles. The third kappa shape index (κ3) is 33.1. The molecule has 136 heavy (non-hydrogen) atoms. The summed E-state index contributed by atoms with van der Waals surface area (Å²) in [6, 6.07) is 115. The van der Waals surface area contributed by atoms with E-state index in [-0.39, 0.29) is 56.4 Å². The molecule has 0 amide bonds. The van der Waals surface area contributed by atoms with Gasteiger partial charge in [0.2, 0.25) is 0 Å². The average molecular weight is 1940 g/mol. The number of carbonyl (C=O) groups excluding carboxylic acids is 4. The van der Waals surface area contributed by atoms with Gasteiger partial charge in [-0.05, 0) is 215 Å². The van der Waals surface area contributed by atoms with Crippen LogP contribution in [0.15, 0.2) is 369 Å². The summed E-state index contributed by atoms with van der Waals surface area (Å²) in [6.45, 7) is 34.2. The van der Waals surface area contributed by atoms with Crippen molar-refractivity contribution in [3.8, 4) is 89.0 Å². The molecule has 0 unspecified atom stereocenters. The minimum atomic E-state index is -1.16. The molecule has 0 saturated heterocycles. The van der Waals surface area contributed by atoms with E-state index >= 15 is 0 Å². The number of hydrogen-bond acceptors (Lipinski definition) is 10. The molecule has 0 radical (unpaired) electrons. The molecule has 1 aromatic heterocycles. The van der Waals surface area contributed by atoms with Crippen LogP contribution in [0.3, 0.4) is 0 Å². The van der Waals surface area contributed by atoms with E-state index in [4.69, 9.17) is 23.2 Å². The molecule has 15 aromatic carbocycles. The Kier molecular flexibility index (Phi) is 45.4. The van der Waals surface area contributed by atoms with Crippen molar-refractivity contribution in [1.82, 2.24) is 4.98 Å². The number of rotatable bonds is 20. The molecule has 0 bridgehead atoms. The quantitative estimate of drug-likeness (QED) is 0.0528. The van der Waals surface area contributed by atoms with E-state index in [1.807, 2.05) is 407 Å². The van der Waals surface area contributed by atoms with E-state index in [2.05, 4.69) is 84.6 Å². The Labute approximate surface area is 841 Å². The third-order valence-electron chi connectivity index (χ3n) is 22.3. The number of carboxylic acids is 4. The van der Waals surface area contributed by atoms with Crippen molar-refractivity contribution in [3.05, 3.63) is 463 Å². The standard InChI is InChI=1S/C21H29NS.4C21H18O2.2C6H5Cl.C5H12.2Fe/c1-14(2)17-11-19(15(3)4)21(20(12-17)16(5)6)23-13-18-9-7-8-10-22-18;4*1-14-6-10-16(11-7-14)18-4-3-5-19(20(18)21(22)23)17-12-8-15(2)9-13-17;2*7-6-4-2-1-3-5-6;1-3-5-4-2;;/h7-12,14-16H,13H2,1-6H3;4*3-13H,1-2H3,(H,22,23);2*1-5H;3-5H2,1-2H3;;/q;;;;;;;;2*+2/p-4. The Morgan fingerprint density at radius 1 is 0.279 bits per heavy atom. The van der Waals surface area contributed by atoms with E-state index in [0.29, 0.717) is 62.3 Å². The van der Waals surface area contributed by atoms with Gasteiger partial charge < -0.3 is 39.6 Å². The molecular formula is C122H119Cl2Fe2NO8S. The Morgan fingerprint density at radius 3 is 0.632 bits per heavy atom. The van der Waals surface area contributed by atoms with Crippen molar-refractivity contribution >= 4 is 58.8 Å². The summed E-state index contributed by atoms with van der Waals surface area (Å²) in [5, 5.41) is 48.8. The first-order chi connectivity index (χ1) is 64.3. The number of aromatic carboxylic acids is 4. The van der Waals surface area contributed by atoms with Gasteiger partial charge in [0.1, 0.15) is 0 Å². The van der Waals surface area contributed by atoms with Gasteiger partial charge in [-0.3, -0.25) is 4.98 Å². The summed E-state index contributed by atoms with van der Waals surface area (Å²) in [6.07, 6.45) is 5.96. The number of hydrogen-bond donors (Lipinski definition) is 0. The molecule has 14 heteroatoms. The number of halogens is 2. The van der Waals surface area contributed by atoms with Gasteiger partial charge in [0.25, 0.3) is 0 Å². The Balaban J connectivity index is 0.000000219. The number of carboxylic acid groups (broad SMARTS) is 4. The molecular weight excluding hydrogens is 1820 g/mol. The second-order valence-electron chi connectivity index (χ2n) is 34.0. The zero-order valence-electron chi connectivity index (χ0n) is 80.3. The molecule has 1 heterocycles. The molecule has 0 aliphatic carbocycles. The van der Waals surface area contributed by atoms with E-state index < -0.39 is 23.9 Å². The Bertz CT molecular complexity index is 5520. The summed E-state index contributed by atoms with van der Waals surface area (Å²) in [7, 11) is 0. The van der Waals surface area contributed by atoms with Gasteiger partial charge >= 0.3 is 34.1 Å². The van der Waals surface area contributed by atoms with Crippen LogP contribution in [0.4, 0.5) is 0 Å². The molecule has 0 N–H and O–H groups in total. The molecule has 0 fully saturated rings. The summed E-state index contributed by atoms with van der Waals surface area (Å²) in [5.74, 6) is -2.04. The van der Waals surface area contributed by atoms with Crippen LogP contribution < -0.4 is 20.4 Å². The largest absolute Gasteiger partial charge is 2.00 e. The monoisotopic (exact) mass is 1940 g/mol. The maximum atomic E-state index is 11.8.